The van der Waals surface area contributed by atoms with Crippen molar-refractivity contribution in [3.05, 3.63) is 48.0 Å². The first-order chi connectivity index (χ1) is 11.2. The minimum absolute atomic E-state index is 0.215. The minimum Gasteiger partial charge on any atom is -0.507 e. The van der Waals surface area contributed by atoms with Gasteiger partial charge in [0.2, 0.25) is 0 Å². The van der Waals surface area contributed by atoms with Crippen molar-refractivity contribution in [1.82, 2.24) is 9.97 Å². The standard InChI is InChI=1S/C19H19N3O/c1-13-8-9-14-16(12-13)20-18(15-6-2-3-7-17(15)23)21-19(14)22-10-4-5-11-22/h2-3,6-9,12,23H,4-5,10-11H2,1H3. The van der Waals surface area contributed by atoms with Crippen molar-refractivity contribution in [1.29, 1.82) is 0 Å². The van der Waals surface area contributed by atoms with E-state index in [1.54, 1.807) is 6.07 Å². The Labute approximate surface area is 135 Å². The van der Waals surface area contributed by atoms with Crippen LogP contribution in [0, 0.1) is 6.92 Å². The molecule has 1 aliphatic rings. The fourth-order valence-electron chi connectivity index (χ4n) is 3.18. The van der Waals surface area contributed by atoms with Gasteiger partial charge in [0.15, 0.2) is 5.82 Å². The van der Waals surface area contributed by atoms with Gasteiger partial charge in [0.1, 0.15) is 11.6 Å². The second-order valence-corrected chi connectivity index (χ2v) is 6.10. The van der Waals surface area contributed by atoms with Gasteiger partial charge < -0.3 is 10.0 Å². The van der Waals surface area contributed by atoms with Crippen LogP contribution in [0.3, 0.4) is 0 Å². The summed E-state index contributed by atoms with van der Waals surface area (Å²) in [6, 6.07) is 13.5. The molecule has 0 unspecified atom stereocenters. The number of phenolic OH excluding ortho intramolecular Hbond substituents is 1. The lowest BCUT2D eigenvalue weighted by atomic mass is 10.1. The molecule has 1 fully saturated rings. The molecule has 1 N–H and O–H groups in total. The average molecular weight is 305 g/mol. The lowest BCUT2D eigenvalue weighted by Crippen LogP contribution is -2.20. The van der Waals surface area contributed by atoms with Gasteiger partial charge in [-0.2, -0.15) is 0 Å². The molecule has 23 heavy (non-hydrogen) atoms. The average Bonchev–Trinajstić information content (AvgIpc) is 3.08. The molecule has 4 nitrogen and oxygen atoms in total. The molecule has 0 bridgehead atoms. The minimum atomic E-state index is 0.215. The van der Waals surface area contributed by atoms with Crippen LogP contribution in [0.5, 0.6) is 5.75 Å². The van der Waals surface area contributed by atoms with Crippen LogP contribution >= 0.6 is 0 Å². The molecule has 2 heterocycles. The maximum atomic E-state index is 10.2. The van der Waals surface area contributed by atoms with Crippen molar-refractivity contribution in [2.45, 2.75) is 19.8 Å². The Bertz CT molecular complexity index is 870. The third-order valence-corrected chi connectivity index (χ3v) is 4.38. The molecule has 0 saturated carbocycles. The first-order valence-electron chi connectivity index (χ1n) is 8.04. The Morgan fingerprint density at radius 3 is 2.57 bits per heavy atom. The summed E-state index contributed by atoms with van der Waals surface area (Å²) in [6.07, 6.45) is 2.40. The van der Waals surface area contributed by atoms with Gasteiger partial charge in [-0.05, 0) is 49.6 Å². The molecule has 0 radical (unpaired) electrons. The molecule has 116 valence electrons. The van der Waals surface area contributed by atoms with Crippen molar-refractivity contribution < 1.29 is 5.11 Å². The van der Waals surface area contributed by atoms with Crippen LogP contribution in [-0.4, -0.2) is 28.2 Å². The Morgan fingerprint density at radius 2 is 1.78 bits per heavy atom. The van der Waals surface area contributed by atoms with Crippen LogP contribution in [0.2, 0.25) is 0 Å². The first kappa shape index (κ1) is 14.0. The van der Waals surface area contributed by atoms with E-state index in [0.29, 0.717) is 11.4 Å². The predicted molar refractivity (Wildman–Crippen MR) is 92.8 cm³/mol. The zero-order valence-electron chi connectivity index (χ0n) is 13.2. The maximum absolute atomic E-state index is 10.2. The van der Waals surface area contributed by atoms with Crippen LogP contribution in [0.15, 0.2) is 42.5 Å². The van der Waals surface area contributed by atoms with Gasteiger partial charge in [-0.15, -0.1) is 0 Å². The molecule has 1 aromatic heterocycles. The van der Waals surface area contributed by atoms with Gasteiger partial charge >= 0.3 is 0 Å². The summed E-state index contributed by atoms with van der Waals surface area (Å²) in [6.45, 7) is 4.12. The summed E-state index contributed by atoms with van der Waals surface area (Å²) in [5.41, 5.74) is 2.78. The van der Waals surface area contributed by atoms with Gasteiger partial charge in [0, 0.05) is 18.5 Å². The van der Waals surface area contributed by atoms with Crippen molar-refractivity contribution in [3.8, 4) is 17.1 Å². The van der Waals surface area contributed by atoms with Crippen LogP contribution in [0.25, 0.3) is 22.3 Å². The number of aryl methyl sites for hydroxylation is 1. The lowest BCUT2D eigenvalue weighted by Gasteiger charge is -2.19. The maximum Gasteiger partial charge on any atom is 0.165 e. The van der Waals surface area contributed by atoms with Crippen LogP contribution in [0.4, 0.5) is 5.82 Å². The van der Waals surface area contributed by atoms with Gasteiger partial charge in [-0.1, -0.05) is 18.2 Å². The molecule has 4 heteroatoms. The largest absolute Gasteiger partial charge is 0.507 e. The van der Waals surface area contributed by atoms with Crippen molar-refractivity contribution in [3.63, 3.8) is 0 Å². The van der Waals surface area contributed by atoms with E-state index < -0.39 is 0 Å². The molecule has 4 rings (SSSR count). The number of aromatic nitrogens is 2. The van der Waals surface area contributed by atoms with Crippen LogP contribution in [0.1, 0.15) is 18.4 Å². The molecule has 0 aliphatic carbocycles. The van der Waals surface area contributed by atoms with E-state index in [0.717, 1.165) is 29.8 Å². The number of hydrogen-bond acceptors (Lipinski definition) is 4. The zero-order valence-corrected chi connectivity index (χ0v) is 13.2. The van der Waals surface area contributed by atoms with Gasteiger partial charge in [0.25, 0.3) is 0 Å². The Morgan fingerprint density at radius 1 is 1.00 bits per heavy atom. The van der Waals surface area contributed by atoms with E-state index in [2.05, 4.69) is 30.0 Å². The Balaban J connectivity index is 1.97. The fraction of sp³-hybridized carbons (Fsp3) is 0.263. The van der Waals surface area contributed by atoms with Crippen LogP contribution in [-0.2, 0) is 0 Å². The normalized spacial score (nSPS) is 14.6. The smallest absolute Gasteiger partial charge is 0.165 e. The van der Waals surface area contributed by atoms with E-state index in [9.17, 15) is 5.11 Å². The third kappa shape index (κ3) is 2.50. The number of anilines is 1. The summed E-state index contributed by atoms with van der Waals surface area (Å²) in [4.78, 5) is 11.8. The number of rotatable bonds is 2. The number of benzene rings is 2. The summed E-state index contributed by atoms with van der Waals surface area (Å²) in [5.74, 6) is 1.78. The van der Waals surface area contributed by atoms with Gasteiger partial charge in [0.05, 0.1) is 11.1 Å². The SMILES string of the molecule is Cc1ccc2c(N3CCCC3)nc(-c3ccccc3O)nc2c1. The summed E-state index contributed by atoms with van der Waals surface area (Å²) >= 11 is 0. The number of fused-ring (bicyclic) bond motifs is 1. The monoisotopic (exact) mass is 305 g/mol. The second kappa shape index (κ2) is 5.54. The van der Waals surface area contributed by atoms with Gasteiger partial charge in [-0.3, -0.25) is 0 Å². The van der Waals surface area contributed by atoms with Crippen molar-refractivity contribution >= 4 is 16.7 Å². The molecule has 1 aliphatic heterocycles. The van der Waals surface area contributed by atoms with Crippen molar-refractivity contribution in [2.24, 2.45) is 0 Å². The zero-order chi connectivity index (χ0) is 15.8. The molecule has 0 atom stereocenters. The molecular formula is C19H19N3O. The highest BCUT2D eigenvalue weighted by molar-refractivity contribution is 5.92. The molecule has 2 aromatic carbocycles. The highest BCUT2D eigenvalue weighted by Gasteiger charge is 2.19. The third-order valence-electron chi connectivity index (χ3n) is 4.38. The molecule has 0 spiro atoms. The Kier molecular flexibility index (Phi) is 3.37. The molecular weight excluding hydrogens is 286 g/mol. The summed E-state index contributed by atoms with van der Waals surface area (Å²) in [7, 11) is 0. The highest BCUT2D eigenvalue weighted by atomic mass is 16.3. The number of aromatic hydroxyl groups is 1. The van der Waals surface area contributed by atoms with E-state index in [4.69, 9.17) is 9.97 Å². The topological polar surface area (TPSA) is 49.2 Å². The highest BCUT2D eigenvalue weighted by Crippen LogP contribution is 2.32. The quantitative estimate of drug-likeness (QED) is 0.780. The number of hydrogen-bond donors (Lipinski definition) is 1. The number of para-hydroxylation sites is 1. The number of nitrogens with zero attached hydrogens (tertiary/aromatic N) is 3. The van der Waals surface area contributed by atoms with Crippen LogP contribution < -0.4 is 4.90 Å². The van der Waals surface area contributed by atoms with E-state index in [1.807, 2.05) is 18.2 Å². The van der Waals surface area contributed by atoms with Gasteiger partial charge in [-0.25, -0.2) is 9.97 Å². The van der Waals surface area contributed by atoms with E-state index in [1.165, 1.54) is 18.4 Å². The lowest BCUT2D eigenvalue weighted by molar-refractivity contribution is 0.477. The van der Waals surface area contributed by atoms with Crippen molar-refractivity contribution in [2.75, 3.05) is 18.0 Å². The Hall–Kier alpha value is -2.62. The fourth-order valence-corrected chi connectivity index (χ4v) is 3.18. The number of phenols is 1. The predicted octanol–water partition coefficient (Wildman–Crippen LogP) is 3.91. The first-order valence-corrected chi connectivity index (χ1v) is 8.04. The molecule has 1 saturated heterocycles. The molecule has 3 aromatic rings. The molecule has 0 amide bonds. The second-order valence-electron chi connectivity index (χ2n) is 6.10. The summed E-state index contributed by atoms with van der Waals surface area (Å²) < 4.78 is 0. The van der Waals surface area contributed by atoms with E-state index >= 15 is 0 Å². The van der Waals surface area contributed by atoms with E-state index in [-0.39, 0.29) is 5.75 Å². The summed E-state index contributed by atoms with van der Waals surface area (Å²) in [5, 5.41) is 11.2.